The van der Waals surface area contributed by atoms with Crippen molar-refractivity contribution in [2.75, 3.05) is 69.0 Å². The third kappa shape index (κ3) is 6.07. The van der Waals surface area contributed by atoms with Crippen molar-refractivity contribution in [3.63, 3.8) is 0 Å². The van der Waals surface area contributed by atoms with Gasteiger partial charge in [0.05, 0.1) is 23.9 Å². The summed E-state index contributed by atoms with van der Waals surface area (Å²) in [6.07, 6.45) is 3.97. The van der Waals surface area contributed by atoms with Crippen molar-refractivity contribution in [1.82, 2.24) is 19.8 Å². The maximum atomic E-state index is 13.0. The second-order valence-corrected chi connectivity index (χ2v) is 9.49. The third-order valence-corrected chi connectivity index (χ3v) is 6.98. The van der Waals surface area contributed by atoms with Crippen molar-refractivity contribution in [2.24, 2.45) is 0 Å². The minimum Gasteiger partial charge on any atom is -0.381 e. The highest BCUT2D eigenvalue weighted by Gasteiger charge is 2.24. The van der Waals surface area contributed by atoms with Crippen LogP contribution in [0.15, 0.2) is 24.4 Å². The van der Waals surface area contributed by atoms with Gasteiger partial charge in [-0.15, -0.1) is 0 Å². The molecule has 0 bridgehead atoms. The molecule has 2 aliphatic heterocycles. The maximum Gasteiger partial charge on any atom is 0.328 e. The van der Waals surface area contributed by atoms with Crippen LogP contribution in [0.2, 0.25) is 0 Å². The number of hydrogen-bond acceptors (Lipinski definition) is 9. The first kappa shape index (κ1) is 27.0. The summed E-state index contributed by atoms with van der Waals surface area (Å²) in [5, 5.41) is 12.3. The van der Waals surface area contributed by atoms with Gasteiger partial charge in [-0.05, 0) is 26.0 Å². The first-order chi connectivity index (χ1) is 18.3. The standard InChI is InChI=1S/C26H32N8O4/c1-31-10-11-34(25(36)16-31)15-18-4-5-24(29-21(18)17-35)32(2)26(37)30-23-12-22(19(13-27)14-28-23)33-8-6-20(38-3)7-9-33/h4-5,12,14,17,20H,6-11,15-16H2,1-3H3,(H,28,30,37). The van der Waals surface area contributed by atoms with Crippen LogP contribution in [0.25, 0.3) is 0 Å². The number of urea groups is 1. The van der Waals surface area contributed by atoms with Crippen LogP contribution in [0.4, 0.5) is 22.1 Å². The van der Waals surface area contributed by atoms with Gasteiger partial charge < -0.3 is 14.5 Å². The minimum atomic E-state index is -0.502. The Kier molecular flexibility index (Phi) is 8.50. The van der Waals surface area contributed by atoms with Gasteiger partial charge >= 0.3 is 6.03 Å². The fourth-order valence-electron chi connectivity index (χ4n) is 4.61. The van der Waals surface area contributed by atoms with Crippen LogP contribution in [0, 0.1) is 11.3 Å². The van der Waals surface area contributed by atoms with E-state index >= 15 is 0 Å². The first-order valence-electron chi connectivity index (χ1n) is 12.5. The molecule has 0 aliphatic carbocycles. The van der Waals surface area contributed by atoms with Crippen LogP contribution in [0.1, 0.15) is 34.5 Å². The number of anilines is 3. The number of nitriles is 1. The normalized spacial score (nSPS) is 16.7. The van der Waals surface area contributed by atoms with Crippen LogP contribution in [0.5, 0.6) is 0 Å². The maximum absolute atomic E-state index is 13.0. The van der Waals surface area contributed by atoms with Crippen LogP contribution >= 0.6 is 0 Å². The molecule has 38 heavy (non-hydrogen) atoms. The largest absolute Gasteiger partial charge is 0.381 e. The quantitative estimate of drug-likeness (QED) is 0.541. The van der Waals surface area contributed by atoms with Crippen LogP contribution in [-0.2, 0) is 16.1 Å². The number of ether oxygens (including phenoxy) is 1. The number of piperazine rings is 1. The summed E-state index contributed by atoms with van der Waals surface area (Å²) in [5.74, 6) is 0.563. The lowest BCUT2D eigenvalue weighted by Gasteiger charge is -2.33. The molecule has 2 aliphatic rings. The molecule has 0 radical (unpaired) electrons. The molecule has 12 nitrogen and oxygen atoms in total. The Labute approximate surface area is 221 Å². The average molecular weight is 521 g/mol. The Balaban J connectivity index is 1.45. The molecule has 2 aromatic heterocycles. The molecule has 0 aromatic carbocycles. The molecule has 0 unspecified atom stereocenters. The molecule has 0 spiro atoms. The SMILES string of the molecule is COC1CCN(c2cc(NC(=O)N(C)c3ccc(CN4CCN(C)CC4=O)c(C=O)n3)ncc2C#N)CC1. The predicted molar refractivity (Wildman–Crippen MR) is 141 cm³/mol. The summed E-state index contributed by atoms with van der Waals surface area (Å²) in [6, 6.07) is 6.71. The Morgan fingerprint density at radius 3 is 2.71 bits per heavy atom. The molecule has 12 heteroatoms. The van der Waals surface area contributed by atoms with Gasteiger partial charge in [-0.2, -0.15) is 5.26 Å². The zero-order valence-electron chi connectivity index (χ0n) is 21.9. The zero-order chi connectivity index (χ0) is 27.2. The van der Waals surface area contributed by atoms with E-state index in [9.17, 15) is 19.6 Å². The Morgan fingerprint density at radius 1 is 1.29 bits per heavy atom. The number of nitrogens with zero attached hydrogens (tertiary/aromatic N) is 7. The van der Waals surface area contributed by atoms with Gasteiger partial charge in [0, 0.05) is 64.7 Å². The molecule has 2 saturated heterocycles. The van der Waals surface area contributed by atoms with Gasteiger partial charge in [0.2, 0.25) is 5.91 Å². The van der Waals surface area contributed by atoms with E-state index in [0.717, 1.165) is 32.5 Å². The summed E-state index contributed by atoms with van der Waals surface area (Å²) < 4.78 is 5.43. The average Bonchev–Trinajstić information content (AvgIpc) is 2.94. The molecular weight excluding hydrogens is 488 g/mol. The number of carbonyl (C=O) groups is 3. The number of nitrogens with one attached hydrogen (secondary N) is 1. The number of aldehydes is 1. The Bertz CT molecular complexity index is 1240. The van der Waals surface area contributed by atoms with Crippen molar-refractivity contribution in [3.8, 4) is 6.07 Å². The lowest BCUT2D eigenvalue weighted by Crippen LogP contribution is -2.48. The van der Waals surface area contributed by atoms with E-state index in [-0.39, 0.29) is 30.1 Å². The van der Waals surface area contributed by atoms with Crippen LogP contribution in [0.3, 0.4) is 0 Å². The second kappa shape index (κ2) is 12.0. The van der Waals surface area contributed by atoms with Crippen molar-refractivity contribution in [2.45, 2.75) is 25.5 Å². The molecule has 2 aromatic rings. The van der Waals surface area contributed by atoms with Gasteiger partial charge in [-0.3, -0.25) is 24.7 Å². The molecule has 2 fully saturated rings. The Hall–Kier alpha value is -4.08. The van der Waals surface area contributed by atoms with Crippen LogP contribution < -0.4 is 15.1 Å². The van der Waals surface area contributed by atoms with E-state index in [1.165, 1.54) is 18.1 Å². The summed E-state index contributed by atoms with van der Waals surface area (Å²) in [4.78, 5) is 52.7. The topological polar surface area (TPSA) is 135 Å². The number of aromatic nitrogens is 2. The zero-order valence-corrected chi connectivity index (χ0v) is 21.9. The molecule has 4 rings (SSSR count). The molecule has 4 heterocycles. The van der Waals surface area contributed by atoms with E-state index in [1.54, 1.807) is 30.2 Å². The van der Waals surface area contributed by atoms with Crippen LogP contribution in [-0.4, -0.2) is 98.0 Å². The lowest BCUT2D eigenvalue weighted by molar-refractivity contribution is -0.136. The van der Waals surface area contributed by atoms with Gasteiger partial charge in [0.1, 0.15) is 23.4 Å². The van der Waals surface area contributed by atoms with E-state index in [4.69, 9.17) is 4.74 Å². The number of hydrogen-bond donors (Lipinski definition) is 1. The molecule has 200 valence electrons. The number of methoxy groups -OCH3 is 1. The lowest BCUT2D eigenvalue weighted by atomic mass is 10.1. The summed E-state index contributed by atoms with van der Waals surface area (Å²) in [7, 11) is 5.13. The number of likely N-dealkylation sites (N-methyl/N-ethyl adjacent to an activating group) is 1. The molecule has 3 amide bonds. The third-order valence-electron chi connectivity index (χ3n) is 6.98. The predicted octanol–water partition coefficient (Wildman–Crippen LogP) is 1.72. The monoisotopic (exact) mass is 520 g/mol. The number of pyridine rings is 2. The van der Waals surface area contributed by atoms with E-state index in [0.29, 0.717) is 42.0 Å². The fraction of sp³-hybridized carbons (Fsp3) is 0.462. The molecular formula is C26H32N8O4. The fourth-order valence-corrected chi connectivity index (χ4v) is 4.61. The van der Waals surface area contributed by atoms with Gasteiger partial charge in [-0.1, -0.05) is 6.07 Å². The summed E-state index contributed by atoms with van der Waals surface area (Å²) >= 11 is 0. The van der Waals surface area contributed by atoms with Gasteiger partial charge in [-0.25, -0.2) is 14.8 Å². The number of rotatable bonds is 7. The van der Waals surface area contributed by atoms with E-state index in [1.807, 2.05) is 11.9 Å². The van der Waals surface area contributed by atoms with E-state index in [2.05, 4.69) is 26.3 Å². The van der Waals surface area contributed by atoms with Crippen molar-refractivity contribution < 1.29 is 19.1 Å². The minimum absolute atomic E-state index is 0.00600. The summed E-state index contributed by atoms with van der Waals surface area (Å²) in [5.41, 5.74) is 1.93. The van der Waals surface area contributed by atoms with E-state index < -0.39 is 6.03 Å². The highest BCUT2D eigenvalue weighted by Crippen LogP contribution is 2.27. The second-order valence-electron chi connectivity index (χ2n) is 9.49. The van der Waals surface area contributed by atoms with Crippen molar-refractivity contribution in [3.05, 3.63) is 41.2 Å². The first-order valence-corrected chi connectivity index (χ1v) is 12.5. The molecule has 0 atom stereocenters. The molecule has 0 saturated carbocycles. The highest BCUT2D eigenvalue weighted by molar-refractivity contribution is 6.00. The van der Waals surface area contributed by atoms with Gasteiger partial charge in [0.15, 0.2) is 6.29 Å². The number of amides is 3. The summed E-state index contributed by atoms with van der Waals surface area (Å²) in [6.45, 7) is 3.41. The smallest absolute Gasteiger partial charge is 0.328 e. The molecule has 1 N–H and O–H groups in total. The van der Waals surface area contributed by atoms with Gasteiger partial charge in [0.25, 0.3) is 0 Å². The Morgan fingerprint density at radius 2 is 2.05 bits per heavy atom. The highest BCUT2D eigenvalue weighted by atomic mass is 16.5. The number of carbonyl (C=O) groups excluding carboxylic acids is 3. The van der Waals surface area contributed by atoms with Crippen molar-refractivity contribution >= 4 is 35.5 Å². The number of piperidine rings is 1. The van der Waals surface area contributed by atoms with Crippen molar-refractivity contribution in [1.29, 1.82) is 5.26 Å².